The lowest BCUT2D eigenvalue weighted by Crippen LogP contribution is -2.32. The van der Waals surface area contributed by atoms with E-state index in [1.165, 1.54) is 193 Å². The van der Waals surface area contributed by atoms with E-state index in [2.05, 4.69) is 92.8 Å². The summed E-state index contributed by atoms with van der Waals surface area (Å²) in [5.74, 6) is 0. The molecule has 10 nitrogen and oxygen atoms in total. The van der Waals surface area contributed by atoms with Crippen molar-refractivity contribution in [2.24, 2.45) is 0 Å². The summed E-state index contributed by atoms with van der Waals surface area (Å²) < 4.78 is 66.0. The predicted molar refractivity (Wildman–Crippen MR) is 215 cm³/mol. The quantitative estimate of drug-likeness (QED) is 0.0173. The van der Waals surface area contributed by atoms with Gasteiger partial charge < -0.3 is 9.11 Å². The van der Waals surface area contributed by atoms with Crippen molar-refractivity contribution in [2.75, 3.05) is 0 Å². The lowest BCUT2D eigenvalue weighted by Gasteiger charge is -2.07. The van der Waals surface area contributed by atoms with Crippen molar-refractivity contribution in [3.05, 3.63) is 61.2 Å². The van der Waals surface area contributed by atoms with E-state index >= 15 is 0 Å². The first-order valence-corrected chi connectivity index (χ1v) is 23.9. The summed E-state index contributed by atoms with van der Waals surface area (Å²) in [5.41, 5.74) is 0. The Morgan fingerprint density at radius 1 is 0.352 bits per heavy atom. The molecule has 0 aliphatic rings. The zero-order chi connectivity index (χ0) is 39.9. The summed E-state index contributed by atoms with van der Waals surface area (Å²) in [6.07, 6.45) is 48.8. The molecule has 2 aromatic rings. The molecule has 0 spiro atoms. The van der Waals surface area contributed by atoms with Crippen molar-refractivity contribution >= 4 is 20.8 Å². The van der Waals surface area contributed by atoms with Crippen LogP contribution in [0.3, 0.4) is 0 Å². The summed E-state index contributed by atoms with van der Waals surface area (Å²) in [6, 6.07) is 12.6. The molecule has 0 aromatic carbocycles. The minimum Gasteiger partial charge on any atom is -0.724 e. The largest absolute Gasteiger partial charge is 0.724 e. The van der Waals surface area contributed by atoms with Crippen LogP contribution < -0.4 is 9.13 Å². The van der Waals surface area contributed by atoms with E-state index in [4.69, 9.17) is 0 Å². The van der Waals surface area contributed by atoms with E-state index in [9.17, 15) is 25.9 Å². The topological polar surface area (TPSA) is 141 Å². The molecule has 0 N–H and O–H groups in total. The van der Waals surface area contributed by atoms with Crippen LogP contribution in [0.5, 0.6) is 0 Å². The van der Waals surface area contributed by atoms with E-state index < -0.39 is 20.8 Å². The van der Waals surface area contributed by atoms with Gasteiger partial charge in [-0.2, -0.15) is 0 Å². The molecular formula is C42H76N2O8S2. The molecule has 2 aromatic heterocycles. The molecule has 0 bridgehead atoms. The van der Waals surface area contributed by atoms with Gasteiger partial charge in [-0.15, -0.1) is 8.67 Å². The molecule has 0 saturated heterocycles. The van der Waals surface area contributed by atoms with Gasteiger partial charge in [0.15, 0.2) is 24.8 Å². The maximum absolute atomic E-state index is 9.37. The third kappa shape index (κ3) is 42.8. The lowest BCUT2D eigenvalue weighted by atomic mass is 10.0. The Hall–Kier alpha value is -1.96. The fourth-order valence-corrected chi connectivity index (χ4v) is 6.76. The third-order valence-electron chi connectivity index (χ3n) is 9.29. The minimum atomic E-state index is -5.31. The Labute approximate surface area is 331 Å². The van der Waals surface area contributed by atoms with Crippen LogP contribution in [0.2, 0.25) is 0 Å². The van der Waals surface area contributed by atoms with Gasteiger partial charge in [0, 0.05) is 37.1 Å². The summed E-state index contributed by atoms with van der Waals surface area (Å²) in [4.78, 5) is 0. The first-order valence-electron chi connectivity index (χ1n) is 21.2. The highest BCUT2D eigenvalue weighted by atomic mass is 32.3. The van der Waals surface area contributed by atoms with Crippen molar-refractivity contribution in [3.8, 4) is 0 Å². The highest BCUT2D eigenvalue weighted by Gasteiger charge is 2.01. The summed E-state index contributed by atoms with van der Waals surface area (Å²) in [6.45, 7) is 6.94. The molecule has 0 amide bonds. The van der Waals surface area contributed by atoms with Crippen molar-refractivity contribution < 1.29 is 43.7 Å². The maximum atomic E-state index is 9.37. The summed E-state index contributed by atoms with van der Waals surface area (Å²) >= 11 is 0. The van der Waals surface area contributed by atoms with Gasteiger partial charge in [-0.05, 0) is 12.8 Å². The molecule has 0 atom stereocenters. The lowest BCUT2D eigenvalue weighted by molar-refractivity contribution is -0.697. The second-order valence-corrected chi connectivity index (χ2v) is 16.3. The fraction of sp³-hybridized carbons (Fsp3) is 0.762. The Bertz CT molecular complexity index is 1170. The number of pyridine rings is 2. The zero-order valence-electron chi connectivity index (χ0n) is 34.0. The minimum absolute atomic E-state index is 1.18. The number of hydrogen-bond acceptors (Lipinski definition) is 8. The van der Waals surface area contributed by atoms with Crippen LogP contribution in [0.25, 0.3) is 0 Å². The van der Waals surface area contributed by atoms with Crippen LogP contribution in [0.1, 0.15) is 194 Å². The molecule has 2 rings (SSSR count). The molecule has 314 valence electrons. The monoisotopic (exact) mass is 801 g/mol. The molecule has 0 unspecified atom stereocenters. The van der Waals surface area contributed by atoms with E-state index in [1.807, 2.05) is 0 Å². The normalized spacial score (nSPS) is 11.4. The Kier molecular flexibility index (Phi) is 36.6. The van der Waals surface area contributed by atoms with Gasteiger partial charge in [0.25, 0.3) is 0 Å². The number of aryl methyl sites for hydroxylation is 2. The molecule has 0 fully saturated rings. The first-order chi connectivity index (χ1) is 26.1. The van der Waals surface area contributed by atoms with Gasteiger partial charge in [0.2, 0.25) is 20.8 Å². The van der Waals surface area contributed by atoms with E-state index in [0.29, 0.717) is 0 Å². The van der Waals surface area contributed by atoms with Gasteiger partial charge in [-0.1, -0.05) is 180 Å². The van der Waals surface area contributed by atoms with Crippen LogP contribution in [-0.4, -0.2) is 25.9 Å². The number of nitrogens with zero attached hydrogens (tertiary/aromatic N) is 2. The van der Waals surface area contributed by atoms with Gasteiger partial charge >= 0.3 is 0 Å². The Morgan fingerprint density at radius 3 is 0.759 bits per heavy atom. The van der Waals surface area contributed by atoms with E-state index in [-0.39, 0.29) is 0 Å². The molecule has 12 heteroatoms. The average Bonchev–Trinajstić information content (AvgIpc) is 3.15. The van der Waals surface area contributed by atoms with Crippen LogP contribution in [0.15, 0.2) is 61.2 Å². The van der Waals surface area contributed by atoms with Crippen molar-refractivity contribution in [1.29, 1.82) is 0 Å². The molecule has 2 heterocycles. The summed E-state index contributed by atoms with van der Waals surface area (Å²) in [7, 11) is -10.6. The second kappa shape index (κ2) is 37.9. The fourth-order valence-electron chi connectivity index (χ4n) is 6.21. The smallest absolute Gasteiger partial charge is 0.246 e. The zero-order valence-corrected chi connectivity index (χ0v) is 35.6. The number of aromatic nitrogens is 2. The highest BCUT2D eigenvalue weighted by Crippen LogP contribution is 2.14. The number of rotatable bonds is 33. The standard InChI is InChI=1S/2C21H38N.H2O8S2/c2*1-2-3-4-5-6-7-8-9-10-11-12-13-14-16-19-22-20-17-15-18-21-22;1-9(2,3)7-8-10(4,5)6/h2*15,17-18,20-21H,2-14,16,19H2,1H3;(H,1,2,3)(H,4,5,6)/q2*+1;/p-2. The van der Waals surface area contributed by atoms with Gasteiger partial charge in [0.05, 0.1) is 0 Å². The molecule has 0 radical (unpaired) electrons. The summed E-state index contributed by atoms with van der Waals surface area (Å²) in [5, 5.41) is 0. The molecule has 54 heavy (non-hydrogen) atoms. The Balaban J connectivity index is 0.000000837. The van der Waals surface area contributed by atoms with Crippen LogP contribution in [0.4, 0.5) is 0 Å². The van der Waals surface area contributed by atoms with Crippen LogP contribution in [-0.2, 0) is 42.6 Å². The van der Waals surface area contributed by atoms with E-state index in [1.54, 1.807) is 0 Å². The molecule has 0 saturated carbocycles. The predicted octanol–water partition coefficient (Wildman–Crippen LogP) is 10.8. The van der Waals surface area contributed by atoms with E-state index in [0.717, 1.165) is 0 Å². The average molecular weight is 801 g/mol. The van der Waals surface area contributed by atoms with Crippen molar-refractivity contribution in [2.45, 2.75) is 207 Å². The van der Waals surface area contributed by atoms with Gasteiger partial charge in [-0.25, -0.2) is 26.0 Å². The molecular weight excluding hydrogens is 725 g/mol. The van der Waals surface area contributed by atoms with Crippen molar-refractivity contribution in [3.63, 3.8) is 0 Å². The number of unbranched alkanes of at least 4 members (excludes halogenated alkanes) is 26. The van der Waals surface area contributed by atoms with Gasteiger partial charge in [-0.3, -0.25) is 0 Å². The molecule has 0 aliphatic carbocycles. The third-order valence-corrected chi connectivity index (χ3v) is 9.84. The highest BCUT2D eigenvalue weighted by molar-refractivity contribution is 7.83. The molecule has 0 aliphatic heterocycles. The first kappa shape index (κ1) is 52.0. The van der Waals surface area contributed by atoms with Crippen molar-refractivity contribution in [1.82, 2.24) is 0 Å². The number of hydrogen-bond donors (Lipinski definition) is 0. The van der Waals surface area contributed by atoms with Crippen LogP contribution in [0, 0.1) is 0 Å². The second-order valence-electron chi connectivity index (χ2n) is 14.4. The Morgan fingerprint density at radius 2 is 0.556 bits per heavy atom. The SMILES string of the molecule is CCCCCCCCCCCCCCCC[n+]1ccccc1.CCCCCCCCCCCCCCCC[n+]1ccccc1.O=S(=O)([O-])OOS(=O)(=O)[O-]. The maximum Gasteiger partial charge on any atom is 0.246 e. The van der Waals surface area contributed by atoms with Crippen LogP contribution >= 0.6 is 0 Å². The van der Waals surface area contributed by atoms with Gasteiger partial charge in [0.1, 0.15) is 13.1 Å².